The van der Waals surface area contributed by atoms with Crippen LogP contribution in [0.4, 0.5) is 0 Å². The maximum atomic E-state index is 4.34. The number of pyridine rings is 1. The van der Waals surface area contributed by atoms with E-state index in [1.165, 1.54) is 28.3 Å². The van der Waals surface area contributed by atoms with Gasteiger partial charge in [0.2, 0.25) is 0 Å². The molecule has 0 spiro atoms. The van der Waals surface area contributed by atoms with Crippen molar-refractivity contribution in [2.45, 2.75) is 25.7 Å². The third kappa shape index (κ3) is 1.93. The van der Waals surface area contributed by atoms with E-state index in [4.69, 9.17) is 0 Å². The largest absolute Gasteiger partial charge is 0.316 e. The van der Waals surface area contributed by atoms with Crippen molar-refractivity contribution < 1.29 is 0 Å². The van der Waals surface area contributed by atoms with E-state index in [1.54, 1.807) is 0 Å². The number of hydrogen-bond donors (Lipinski definition) is 1. The monoisotopic (exact) mass is 226 g/mol. The highest BCUT2D eigenvalue weighted by Crippen LogP contribution is 2.27. The van der Waals surface area contributed by atoms with Crippen molar-refractivity contribution in [1.29, 1.82) is 0 Å². The third-order valence-corrected chi connectivity index (χ3v) is 3.78. The Hall–Kier alpha value is -1.41. The summed E-state index contributed by atoms with van der Waals surface area (Å²) in [6, 6.07) is 6.88. The molecule has 1 saturated heterocycles. The molecule has 1 N–H and O–H groups in total. The summed E-state index contributed by atoms with van der Waals surface area (Å²) in [6.45, 7) is 4.45. The van der Waals surface area contributed by atoms with Gasteiger partial charge in [-0.05, 0) is 47.9 Å². The highest BCUT2D eigenvalue weighted by molar-refractivity contribution is 5.85. The van der Waals surface area contributed by atoms with Crippen LogP contribution in [0.2, 0.25) is 0 Å². The van der Waals surface area contributed by atoms with E-state index in [0.29, 0.717) is 5.92 Å². The molecular formula is C15H18N2. The first-order chi connectivity index (χ1) is 8.38. The first kappa shape index (κ1) is 10.7. The number of aromatic nitrogens is 1. The van der Waals surface area contributed by atoms with Crippen LogP contribution in [0.1, 0.15) is 30.4 Å². The molecule has 0 bridgehead atoms. The van der Waals surface area contributed by atoms with E-state index in [0.717, 1.165) is 19.5 Å². The van der Waals surface area contributed by atoms with Gasteiger partial charge in [0.1, 0.15) is 0 Å². The topological polar surface area (TPSA) is 24.9 Å². The predicted molar refractivity (Wildman–Crippen MR) is 71.3 cm³/mol. The molecule has 0 saturated carbocycles. The lowest BCUT2D eigenvalue weighted by Crippen LogP contribution is -2.07. The molecule has 3 rings (SSSR count). The second-order valence-corrected chi connectivity index (χ2v) is 4.82. The Morgan fingerprint density at radius 1 is 1.35 bits per heavy atom. The molecular weight excluding hydrogens is 208 g/mol. The normalized spacial score (nSPS) is 19.9. The fourth-order valence-electron chi connectivity index (χ4n) is 2.73. The van der Waals surface area contributed by atoms with E-state index in [1.807, 2.05) is 12.4 Å². The van der Waals surface area contributed by atoms with Crippen LogP contribution in [-0.2, 0) is 6.42 Å². The zero-order valence-corrected chi connectivity index (χ0v) is 10.2. The molecule has 2 heterocycles. The van der Waals surface area contributed by atoms with Crippen molar-refractivity contribution in [2.75, 3.05) is 13.1 Å². The second-order valence-electron chi connectivity index (χ2n) is 4.82. The lowest BCUT2D eigenvalue weighted by molar-refractivity contribution is 0.764. The Morgan fingerprint density at radius 3 is 3.06 bits per heavy atom. The van der Waals surface area contributed by atoms with Gasteiger partial charge in [0.05, 0.1) is 0 Å². The summed E-state index contributed by atoms with van der Waals surface area (Å²) in [4.78, 5) is 4.34. The second kappa shape index (κ2) is 4.46. The number of hydrogen-bond acceptors (Lipinski definition) is 2. The molecule has 1 atom stereocenters. The van der Waals surface area contributed by atoms with Crippen molar-refractivity contribution in [3.63, 3.8) is 0 Å². The molecule has 2 aromatic rings. The minimum Gasteiger partial charge on any atom is -0.316 e. The molecule has 2 heteroatoms. The third-order valence-electron chi connectivity index (χ3n) is 3.78. The lowest BCUT2D eigenvalue weighted by atomic mass is 9.95. The number of nitrogens with one attached hydrogen (secondary N) is 1. The van der Waals surface area contributed by atoms with Crippen molar-refractivity contribution >= 4 is 10.8 Å². The van der Waals surface area contributed by atoms with E-state index >= 15 is 0 Å². The van der Waals surface area contributed by atoms with E-state index < -0.39 is 0 Å². The Kier molecular flexibility index (Phi) is 2.81. The van der Waals surface area contributed by atoms with E-state index in [9.17, 15) is 0 Å². The van der Waals surface area contributed by atoms with Crippen molar-refractivity contribution in [3.05, 3.63) is 41.7 Å². The molecule has 1 aliphatic heterocycles. The molecule has 1 unspecified atom stereocenters. The number of rotatable bonds is 2. The van der Waals surface area contributed by atoms with Gasteiger partial charge in [-0.25, -0.2) is 0 Å². The molecule has 0 aliphatic carbocycles. The van der Waals surface area contributed by atoms with Gasteiger partial charge in [-0.15, -0.1) is 0 Å². The average molecular weight is 226 g/mol. The van der Waals surface area contributed by atoms with Gasteiger partial charge in [0.25, 0.3) is 0 Å². The minimum atomic E-state index is 0.685. The molecule has 17 heavy (non-hydrogen) atoms. The highest BCUT2D eigenvalue weighted by atomic mass is 14.9. The van der Waals surface area contributed by atoms with Gasteiger partial charge in [0.15, 0.2) is 0 Å². The van der Waals surface area contributed by atoms with Crippen LogP contribution in [0.3, 0.4) is 0 Å². The van der Waals surface area contributed by atoms with Crippen LogP contribution >= 0.6 is 0 Å². The fraction of sp³-hybridized carbons (Fsp3) is 0.400. The minimum absolute atomic E-state index is 0.685. The van der Waals surface area contributed by atoms with Gasteiger partial charge in [0, 0.05) is 24.3 Å². The summed E-state index contributed by atoms with van der Waals surface area (Å²) in [5.41, 5.74) is 2.80. The first-order valence-corrected chi connectivity index (χ1v) is 6.45. The summed E-state index contributed by atoms with van der Waals surface area (Å²) >= 11 is 0. The van der Waals surface area contributed by atoms with Crippen LogP contribution in [0.25, 0.3) is 10.8 Å². The Morgan fingerprint density at radius 2 is 2.29 bits per heavy atom. The van der Waals surface area contributed by atoms with E-state index in [2.05, 4.69) is 35.4 Å². The summed E-state index contributed by atoms with van der Waals surface area (Å²) in [5.74, 6) is 0.685. The summed E-state index contributed by atoms with van der Waals surface area (Å²) in [6.07, 6.45) is 6.28. The van der Waals surface area contributed by atoms with Gasteiger partial charge in [-0.3, -0.25) is 4.98 Å². The number of nitrogens with zero attached hydrogens (tertiary/aromatic N) is 1. The van der Waals surface area contributed by atoms with E-state index in [-0.39, 0.29) is 0 Å². The fourth-order valence-corrected chi connectivity index (χ4v) is 2.73. The molecule has 0 amide bonds. The van der Waals surface area contributed by atoms with Gasteiger partial charge >= 0.3 is 0 Å². The first-order valence-electron chi connectivity index (χ1n) is 6.45. The van der Waals surface area contributed by atoms with Gasteiger partial charge in [-0.2, -0.15) is 0 Å². The molecule has 1 fully saturated rings. The molecule has 88 valence electrons. The maximum absolute atomic E-state index is 4.34. The van der Waals surface area contributed by atoms with Crippen LogP contribution in [0.5, 0.6) is 0 Å². The van der Waals surface area contributed by atoms with Crippen LogP contribution in [0.15, 0.2) is 30.6 Å². The van der Waals surface area contributed by atoms with Crippen LogP contribution in [-0.4, -0.2) is 18.1 Å². The van der Waals surface area contributed by atoms with Crippen molar-refractivity contribution in [1.82, 2.24) is 10.3 Å². The standard InChI is InChI=1S/C15H18N2/c1-2-11-8-17-10-14-7-12(3-4-15(11)14)13-5-6-16-9-13/h3-4,7-8,10,13,16H,2,5-6,9H2,1H3. The summed E-state index contributed by atoms with van der Waals surface area (Å²) in [7, 11) is 0. The van der Waals surface area contributed by atoms with Crippen LogP contribution in [0, 0.1) is 0 Å². The average Bonchev–Trinajstić information content (AvgIpc) is 2.91. The number of benzene rings is 1. The summed E-state index contributed by atoms with van der Waals surface area (Å²) < 4.78 is 0. The molecule has 0 radical (unpaired) electrons. The number of aryl methyl sites for hydroxylation is 1. The zero-order chi connectivity index (χ0) is 11.7. The predicted octanol–water partition coefficient (Wildman–Crippen LogP) is 2.87. The zero-order valence-electron chi connectivity index (χ0n) is 10.2. The van der Waals surface area contributed by atoms with Crippen molar-refractivity contribution in [3.8, 4) is 0 Å². The lowest BCUT2D eigenvalue weighted by Gasteiger charge is -2.11. The quantitative estimate of drug-likeness (QED) is 0.851. The maximum Gasteiger partial charge on any atom is 0.0346 e. The van der Waals surface area contributed by atoms with Crippen LogP contribution < -0.4 is 5.32 Å². The smallest absolute Gasteiger partial charge is 0.0346 e. The molecule has 1 aromatic carbocycles. The summed E-state index contributed by atoms with van der Waals surface area (Å²) in [5, 5.41) is 6.07. The molecule has 2 nitrogen and oxygen atoms in total. The molecule has 1 aromatic heterocycles. The Bertz CT molecular complexity index is 527. The van der Waals surface area contributed by atoms with Crippen molar-refractivity contribution in [2.24, 2.45) is 0 Å². The SMILES string of the molecule is CCc1cncc2cc(C3CCNC3)ccc12. The highest BCUT2D eigenvalue weighted by Gasteiger charge is 2.16. The Labute approximate surface area is 102 Å². The number of fused-ring (bicyclic) bond motifs is 1. The Balaban J connectivity index is 2.07. The van der Waals surface area contributed by atoms with Gasteiger partial charge < -0.3 is 5.32 Å². The van der Waals surface area contributed by atoms with Gasteiger partial charge in [-0.1, -0.05) is 19.1 Å². The molecule has 1 aliphatic rings.